The Labute approximate surface area is 111 Å². The molecule has 0 aliphatic carbocycles. The molecule has 0 saturated carbocycles. The molecular formula is C12H8N4O4. The summed E-state index contributed by atoms with van der Waals surface area (Å²) >= 11 is 0. The van der Waals surface area contributed by atoms with Crippen LogP contribution in [0.1, 0.15) is 5.76 Å². The number of aryl methyl sites for hydroxylation is 1. The Morgan fingerprint density at radius 2 is 2.20 bits per heavy atom. The predicted molar refractivity (Wildman–Crippen MR) is 69.3 cm³/mol. The highest BCUT2D eigenvalue weighted by atomic mass is 16.6. The molecule has 1 aromatic carbocycles. The monoisotopic (exact) mass is 272 g/mol. The fourth-order valence-corrected chi connectivity index (χ4v) is 2.00. The summed E-state index contributed by atoms with van der Waals surface area (Å²) < 4.78 is 4.99. The minimum absolute atomic E-state index is 0.0576. The van der Waals surface area contributed by atoms with Crippen molar-refractivity contribution >= 4 is 16.6 Å². The van der Waals surface area contributed by atoms with E-state index in [0.29, 0.717) is 22.4 Å². The number of hydrogen-bond acceptors (Lipinski definition) is 6. The molecule has 0 radical (unpaired) electrons. The molecule has 0 atom stereocenters. The molecule has 0 aliphatic rings. The number of aromatic nitrogens is 3. The van der Waals surface area contributed by atoms with Crippen molar-refractivity contribution in [1.29, 1.82) is 0 Å². The SMILES string of the molecule is Cc1onc2c(=O)[nH]nc(-c3cccc([N+](=O)[O-])c3)c12. The lowest BCUT2D eigenvalue weighted by Gasteiger charge is -2.01. The first kappa shape index (κ1) is 12.0. The molecule has 100 valence electrons. The normalized spacial score (nSPS) is 10.8. The molecule has 8 nitrogen and oxygen atoms in total. The van der Waals surface area contributed by atoms with Gasteiger partial charge in [0.2, 0.25) is 0 Å². The summed E-state index contributed by atoms with van der Waals surface area (Å²) in [5, 5.41) is 21.2. The third kappa shape index (κ3) is 1.74. The second-order valence-corrected chi connectivity index (χ2v) is 4.17. The molecule has 0 amide bonds. The first-order valence-electron chi connectivity index (χ1n) is 5.67. The lowest BCUT2D eigenvalue weighted by Crippen LogP contribution is -2.09. The number of nitrogens with zero attached hydrogens (tertiary/aromatic N) is 3. The highest BCUT2D eigenvalue weighted by Gasteiger charge is 2.17. The Balaban J connectivity index is 2.32. The van der Waals surface area contributed by atoms with Crippen molar-refractivity contribution in [2.45, 2.75) is 6.92 Å². The van der Waals surface area contributed by atoms with Crippen LogP contribution >= 0.6 is 0 Å². The van der Waals surface area contributed by atoms with E-state index in [2.05, 4.69) is 15.4 Å². The summed E-state index contributed by atoms with van der Waals surface area (Å²) in [6.07, 6.45) is 0. The number of H-pyrrole nitrogens is 1. The number of fused-ring (bicyclic) bond motifs is 1. The molecule has 2 heterocycles. The molecular weight excluding hydrogens is 264 g/mol. The summed E-state index contributed by atoms with van der Waals surface area (Å²) in [6, 6.07) is 5.98. The van der Waals surface area contributed by atoms with E-state index in [-0.39, 0.29) is 11.2 Å². The summed E-state index contributed by atoms with van der Waals surface area (Å²) in [4.78, 5) is 21.9. The van der Waals surface area contributed by atoms with Crippen molar-refractivity contribution in [3.05, 3.63) is 50.5 Å². The Bertz CT molecular complexity index is 881. The summed E-state index contributed by atoms with van der Waals surface area (Å²) in [7, 11) is 0. The fraction of sp³-hybridized carbons (Fsp3) is 0.0833. The Hall–Kier alpha value is -3.03. The Morgan fingerprint density at radius 3 is 2.95 bits per heavy atom. The van der Waals surface area contributed by atoms with Gasteiger partial charge in [0, 0.05) is 17.7 Å². The first-order valence-corrected chi connectivity index (χ1v) is 5.67. The van der Waals surface area contributed by atoms with E-state index in [4.69, 9.17) is 4.52 Å². The van der Waals surface area contributed by atoms with E-state index >= 15 is 0 Å². The van der Waals surface area contributed by atoms with Gasteiger partial charge in [-0.05, 0) is 6.92 Å². The predicted octanol–water partition coefficient (Wildman–Crippen LogP) is 1.79. The smallest absolute Gasteiger partial charge is 0.294 e. The van der Waals surface area contributed by atoms with Gasteiger partial charge in [-0.1, -0.05) is 17.3 Å². The molecule has 0 aliphatic heterocycles. The molecule has 0 bridgehead atoms. The maximum atomic E-state index is 11.6. The zero-order valence-electron chi connectivity index (χ0n) is 10.3. The molecule has 0 fully saturated rings. The van der Waals surface area contributed by atoms with Gasteiger partial charge in [0.05, 0.1) is 10.3 Å². The van der Waals surface area contributed by atoms with Gasteiger partial charge < -0.3 is 4.52 Å². The third-order valence-corrected chi connectivity index (χ3v) is 2.91. The first-order chi connectivity index (χ1) is 9.58. The molecule has 0 spiro atoms. The van der Waals surface area contributed by atoms with Gasteiger partial charge >= 0.3 is 0 Å². The van der Waals surface area contributed by atoms with E-state index in [9.17, 15) is 14.9 Å². The van der Waals surface area contributed by atoms with Crippen molar-refractivity contribution < 1.29 is 9.45 Å². The van der Waals surface area contributed by atoms with Crippen LogP contribution in [0.2, 0.25) is 0 Å². The van der Waals surface area contributed by atoms with E-state index < -0.39 is 10.5 Å². The van der Waals surface area contributed by atoms with E-state index in [1.54, 1.807) is 19.1 Å². The minimum atomic E-state index is -0.493. The molecule has 3 rings (SSSR count). The Morgan fingerprint density at radius 1 is 1.40 bits per heavy atom. The van der Waals surface area contributed by atoms with Crippen molar-refractivity contribution in [2.24, 2.45) is 0 Å². The number of rotatable bonds is 2. The number of aromatic amines is 1. The molecule has 0 unspecified atom stereocenters. The Kier molecular flexibility index (Phi) is 2.56. The third-order valence-electron chi connectivity index (χ3n) is 2.91. The van der Waals surface area contributed by atoms with Crippen LogP contribution in [0.4, 0.5) is 5.69 Å². The fourth-order valence-electron chi connectivity index (χ4n) is 2.00. The zero-order chi connectivity index (χ0) is 14.3. The van der Waals surface area contributed by atoms with Crippen LogP contribution in [0.25, 0.3) is 22.2 Å². The van der Waals surface area contributed by atoms with Crippen molar-refractivity contribution in [1.82, 2.24) is 15.4 Å². The van der Waals surface area contributed by atoms with Crippen LogP contribution in [-0.4, -0.2) is 20.3 Å². The largest absolute Gasteiger partial charge is 0.360 e. The standard InChI is InChI=1S/C12H8N4O4/c1-6-9-10(13-14-12(17)11(9)15-20-6)7-3-2-4-8(5-7)16(18)19/h2-5H,1H3,(H,14,17). The number of benzene rings is 1. The average molecular weight is 272 g/mol. The van der Waals surface area contributed by atoms with Crippen LogP contribution in [0.3, 0.4) is 0 Å². The maximum Gasteiger partial charge on any atom is 0.294 e. The van der Waals surface area contributed by atoms with E-state index in [1.807, 2.05) is 0 Å². The second kappa shape index (κ2) is 4.26. The zero-order valence-corrected chi connectivity index (χ0v) is 10.3. The highest BCUT2D eigenvalue weighted by molar-refractivity contribution is 5.93. The summed E-state index contributed by atoms with van der Waals surface area (Å²) in [5.74, 6) is 0.431. The number of nitro groups is 1. The quantitative estimate of drug-likeness (QED) is 0.561. The van der Waals surface area contributed by atoms with E-state index in [0.717, 1.165) is 0 Å². The number of non-ortho nitro benzene ring substituents is 1. The number of nitro benzene ring substituents is 1. The van der Waals surface area contributed by atoms with Crippen LogP contribution in [-0.2, 0) is 0 Å². The van der Waals surface area contributed by atoms with Gasteiger partial charge in [-0.3, -0.25) is 14.9 Å². The minimum Gasteiger partial charge on any atom is -0.360 e. The van der Waals surface area contributed by atoms with Crippen molar-refractivity contribution in [3.8, 4) is 11.3 Å². The van der Waals surface area contributed by atoms with Gasteiger partial charge in [-0.25, -0.2) is 5.10 Å². The van der Waals surface area contributed by atoms with Gasteiger partial charge in [-0.2, -0.15) is 5.10 Å². The number of nitrogens with one attached hydrogen (secondary N) is 1. The molecule has 2 aromatic heterocycles. The van der Waals surface area contributed by atoms with Crippen LogP contribution in [0, 0.1) is 17.0 Å². The second-order valence-electron chi connectivity index (χ2n) is 4.17. The maximum absolute atomic E-state index is 11.6. The average Bonchev–Trinajstić information content (AvgIpc) is 2.83. The van der Waals surface area contributed by atoms with Crippen molar-refractivity contribution in [3.63, 3.8) is 0 Å². The topological polar surface area (TPSA) is 115 Å². The van der Waals surface area contributed by atoms with Crippen molar-refractivity contribution in [2.75, 3.05) is 0 Å². The molecule has 1 N–H and O–H groups in total. The van der Waals surface area contributed by atoms with Crippen LogP contribution < -0.4 is 5.56 Å². The molecule has 20 heavy (non-hydrogen) atoms. The van der Waals surface area contributed by atoms with E-state index in [1.165, 1.54) is 12.1 Å². The van der Waals surface area contributed by atoms with Gasteiger partial charge in [0.15, 0.2) is 5.52 Å². The molecule has 3 aromatic rings. The van der Waals surface area contributed by atoms with Crippen LogP contribution in [0.15, 0.2) is 33.6 Å². The summed E-state index contributed by atoms with van der Waals surface area (Å²) in [6.45, 7) is 1.65. The molecule has 0 saturated heterocycles. The van der Waals surface area contributed by atoms with Crippen LogP contribution in [0.5, 0.6) is 0 Å². The molecule has 8 heteroatoms. The van der Waals surface area contributed by atoms with Gasteiger partial charge in [-0.15, -0.1) is 0 Å². The number of hydrogen-bond donors (Lipinski definition) is 1. The highest BCUT2D eigenvalue weighted by Crippen LogP contribution is 2.28. The lowest BCUT2D eigenvalue weighted by molar-refractivity contribution is -0.384. The summed E-state index contributed by atoms with van der Waals surface area (Å²) in [5.41, 5.74) is 0.497. The van der Waals surface area contributed by atoms with Gasteiger partial charge in [0.1, 0.15) is 11.5 Å². The van der Waals surface area contributed by atoms with Gasteiger partial charge in [0.25, 0.3) is 11.2 Å². The lowest BCUT2D eigenvalue weighted by atomic mass is 10.1.